The quantitative estimate of drug-likeness (QED) is 0.677. The molecule has 1 atom stereocenters. The molecule has 0 fully saturated rings. The number of amides is 1. The van der Waals surface area contributed by atoms with E-state index in [1.165, 1.54) is 18.2 Å². The number of methoxy groups -OCH3 is 1. The number of non-ortho nitro benzene ring substituents is 1. The molecule has 0 aromatic heterocycles. The summed E-state index contributed by atoms with van der Waals surface area (Å²) in [6.45, 7) is 3.80. The molecule has 6 nitrogen and oxygen atoms in total. The molecular formula is C17H18N2O4. The Morgan fingerprint density at radius 1 is 1.26 bits per heavy atom. The normalized spacial score (nSPS) is 11.6. The van der Waals surface area contributed by atoms with Gasteiger partial charge in [0.1, 0.15) is 5.75 Å². The highest BCUT2D eigenvalue weighted by atomic mass is 16.6. The number of nitrogens with zero attached hydrogens (tertiary/aromatic N) is 1. The molecule has 0 aliphatic rings. The van der Waals surface area contributed by atoms with Crippen LogP contribution in [0.5, 0.6) is 5.75 Å². The monoisotopic (exact) mass is 314 g/mol. The van der Waals surface area contributed by atoms with E-state index in [9.17, 15) is 14.9 Å². The molecule has 0 unspecified atom stereocenters. The van der Waals surface area contributed by atoms with Crippen molar-refractivity contribution in [2.24, 2.45) is 0 Å². The molecule has 1 N–H and O–H groups in total. The summed E-state index contributed by atoms with van der Waals surface area (Å²) >= 11 is 0. The fraction of sp³-hybridized carbons (Fsp3) is 0.235. The number of nitro benzene ring substituents is 1. The third-order valence-electron chi connectivity index (χ3n) is 3.52. The van der Waals surface area contributed by atoms with Gasteiger partial charge in [-0.2, -0.15) is 0 Å². The van der Waals surface area contributed by atoms with Gasteiger partial charge < -0.3 is 10.1 Å². The number of carbonyl (C=O) groups is 1. The van der Waals surface area contributed by atoms with Crippen molar-refractivity contribution in [3.05, 3.63) is 69.3 Å². The van der Waals surface area contributed by atoms with Gasteiger partial charge in [0.15, 0.2) is 0 Å². The number of ether oxygens (including phenoxy) is 1. The number of benzene rings is 2. The van der Waals surface area contributed by atoms with Crippen molar-refractivity contribution in [3.8, 4) is 5.75 Å². The van der Waals surface area contributed by atoms with Crippen LogP contribution in [0.25, 0.3) is 0 Å². The van der Waals surface area contributed by atoms with Crippen LogP contribution >= 0.6 is 0 Å². The molecule has 0 aliphatic carbocycles. The van der Waals surface area contributed by atoms with Crippen molar-refractivity contribution in [2.45, 2.75) is 19.9 Å². The van der Waals surface area contributed by atoms with Gasteiger partial charge in [-0.1, -0.05) is 23.8 Å². The molecule has 0 radical (unpaired) electrons. The van der Waals surface area contributed by atoms with Gasteiger partial charge in [0.05, 0.1) is 18.1 Å². The molecule has 6 heteroatoms. The van der Waals surface area contributed by atoms with Crippen LogP contribution in [0.3, 0.4) is 0 Å². The van der Waals surface area contributed by atoms with Crippen molar-refractivity contribution in [3.63, 3.8) is 0 Å². The van der Waals surface area contributed by atoms with Gasteiger partial charge in [-0.25, -0.2) is 0 Å². The summed E-state index contributed by atoms with van der Waals surface area (Å²) < 4.78 is 5.32. The molecule has 0 saturated carbocycles. The second-order valence-corrected chi connectivity index (χ2v) is 5.25. The van der Waals surface area contributed by atoms with Crippen molar-refractivity contribution < 1.29 is 14.5 Å². The maximum atomic E-state index is 12.3. The molecule has 0 bridgehead atoms. The van der Waals surface area contributed by atoms with Gasteiger partial charge in [0, 0.05) is 23.3 Å². The SMILES string of the molecule is COc1ccc(C)cc1[C@H](C)NC(=O)c1cccc([N+](=O)[O-])c1. The van der Waals surface area contributed by atoms with E-state index < -0.39 is 4.92 Å². The minimum atomic E-state index is -0.524. The lowest BCUT2D eigenvalue weighted by Crippen LogP contribution is -2.27. The van der Waals surface area contributed by atoms with Crippen LogP contribution in [0.4, 0.5) is 5.69 Å². The van der Waals surface area contributed by atoms with Crippen molar-refractivity contribution >= 4 is 11.6 Å². The number of carbonyl (C=O) groups excluding carboxylic acids is 1. The third-order valence-corrected chi connectivity index (χ3v) is 3.52. The predicted octanol–water partition coefficient (Wildman–Crippen LogP) is 3.40. The number of rotatable bonds is 5. The van der Waals surface area contributed by atoms with Gasteiger partial charge >= 0.3 is 0 Å². The van der Waals surface area contributed by atoms with Gasteiger partial charge in [-0.05, 0) is 26.0 Å². The summed E-state index contributed by atoms with van der Waals surface area (Å²) in [4.78, 5) is 22.6. The first kappa shape index (κ1) is 16.5. The Hall–Kier alpha value is -2.89. The highest BCUT2D eigenvalue weighted by molar-refractivity contribution is 5.95. The van der Waals surface area contributed by atoms with E-state index in [1.807, 2.05) is 32.0 Å². The summed E-state index contributed by atoms with van der Waals surface area (Å²) in [5.74, 6) is 0.312. The standard InChI is InChI=1S/C17H18N2O4/c1-11-7-8-16(23-3)15(9-11)12(2)18-17(20)13-5-4-6-14(10-13)19(21)22/h4-10,12H,1-3H3,(H,18,20)/t12-/m0/s1. The van der Waals surface area contributed by atoms with E-state index in [0.717, 1.165) is 11.1 Å². The van der Waals surface area contributed by atoms with E-state index >= 15 is 0 Å². The molecule has 2 aromatic rings. The Morgan fingerprint density at radius 3 is 2.65 bits per heavy atom. The van der Waals surface area contributed by atoms with Crippen LogP contribution in [-0.2, 0) is 0 Å². The first-order chi connectivity index (χ1) is 10.9. The van der Waals surface area contributed by atoms with E-state index in [4.69, 9.17) is 4.74 Å². The fourth-order valence-corrected chi connectivity index (χ4v) is 2.31. The van der Waals surface area contributed by atoms with Crippen LogP contribution < -0.4 is 10.1 Å². The lowest BCUT2D eigenvalue weighted by Gasteiger charge is -2.18. The number of nitro groups is 1. The number of nitrogens with one attached hydrogen (secondary N) is 1. The van der Waals surface area contributed by atoms with E-state index in [0.29, 0.717) is 5.75 Å². The molecule has 2 aromatic carbocycles. The molecule has 0 heterocycles. The maximum Gasteiger partial charge on any atom is 0.270 e. The summed E-state index contributed by atoms with van der Waals surface area (Å²) in [6.07, 6.45) is 0. The van der Waals surface area contributed by atoms with Crippen molar-refractivity contribution in [2.75, 3.05) is 7.11 Å². The van der Waals surface area contributed by atoms with Crippen molar-refractivity contribution in [1.29, 1.82) is 0 Å². The van der Waals surface area contributed by atoms with Crippen LogP contribution in [0.15, 0.2) is 42.5 Å². The van der Waals surface area contributed by atoms with Crippen LogP contribution in [0.1, 0.15) is 34.5 Å². The maximum absolute atomic E-state index is 12.3. The van der Waals surface area contributed by atoms with Gasteiger partial charge in [-0.15, -0.1) is 0 Å². The molecular weight excluding hydrogens is 296 g/mol. The molecule has 1 amide bonds. The number of hydrogen-bond donors (Lipinski definition) is 1. The van der Waals surface area contributed by atoms with Crippen LogP contribution in [0.2, 0.25) is 0 Å². The number of aryl methyl sites for hydroxylation is 1. The molecule has 23 heavy (non-hydrogen) atoms. The Morgan fingerprint density at radius 2 is 2.00 bits per heavy atom. The Kier molecular flexibility index (Phi) is 4.95. The van der Waals surface area contributed by atoms with Gasteiger partial charge in [-0.3, -0.25) is 14.9 Å². The fourth-order valence-electron chi connectivity index (χ4n) is 2.31. The molecule has 120 valence electrons. The van der Waals surface area contributed by atoms with Gasteiger partial charge in [0.25, 0.3) is 11.6 Å². The molecule has 0 saturated heterocycles. The zero-order chi connectivity index (χ0) is 17.0. The topological polar surface area (TPSA) is 81.5 Å². The summed E-state index contributed by atoms with van der Waals surface area (Å²) in [6, 6.07) is 11.1. The summed E-state index contributed by atoms with van der Waals surface area (Å²) in [7, 11) is 1.57. The summed E-state index contributed by atoms with van der Waals surface area (Å²) in [5.41, 5.74) is 2.04. The lowest BCUT2D eigenvalue weighted by molar-refractivity contribution is -0.384. The third kappa shape index (κ3) is 3.85. The highest BCUT2D eigenvalue weighted by Gasteiger charge is 2.17. The Labute approximate surface area is 134 Å². The summed E-state index contributed by atoms with van der Waals surface area (Å²) in [5, 5.41) is 13.6. The Bertz CT molecular complexity index is 743. The minimum absolute atomic E-state index is 0.113. The molecule has 0 spiro atoms. The second-order valence-electron chi connectivity index (χ2n) is 5.25. The van der Waals surface area contributed by atoms with Crippen LogP contribution in [0, 0.1) is 17.0 Å². The average Bonchev–Trinajstić information content (AvgIpc) is 2.54. The lowest BCUT2D eigenvalue weighted by atomic mass is 10.0. The van der Waals surface area contributed by atoms with Crippen LogP contribution in [-0.4, -0.2) is 17.9 Å². The van der Waals surface area contributed by atoms with E-state index in [2.05, 4.69) is 5.32 Å². The largest absolute Gasteiger partial charge is 0.496 e. The smallest absolute Gasteiger partial charge is 0.270 e. The van der Waals surface area contributed by atoms with Crippen molar-refractivity contribution in [1.82, 2.24) is 5.32 Å². The molecule has 0 aliphatic heterocycles. The zero-order valence-electron chi connectivity index (χ0n) is 13.2. The first-order valence-electron chi connectivity index (χ1n) is 7.12. The number of hydrogen-bond acceptors (Lipinski definition) is 4. The van der Waals surface area contributed by atoms with E-state index in [-0.39, 0.29) is 23.2 Å². The highest BCUT2D eigenvalue weighted by Crippen LogP contribution is 2.26. The first-order valence-corrected chi connectivity index (χ1v) is 7.12. The predicted molar refractivity (Wildman–Crippen MR) is 86.7 cm³/mol. The Balaban J connectivity index is 2.21. The van der Waals surface area contributed by atoms with E-state index in [1.54, 1.807) is 13.2 Å². The zero-order valence-corrected chi connectivity index (χ0v) is 13.2. The van der Waals surface area contributed by atoms with Gasteiger partial charge in [0.2, 0.25) is 0 Å². The minimum Gasteiger partial charge on any atom is -0.496 e. The molecule has 2 rings (SSSR count). The second kappa shape index (κ2) is 6.91. The average molecular weight is 314 g/mol.